The van der Waals surface area contributed by atoms with Crippen LogP contribution in [0.5, 0.6) is 0 Å². The van der Waals surface area contributed by atoms with Crippen LogP contribution in [0.25, 0.3) is 11.4 Å². The number of aryl methyl sites for hydroxylation is 1. The normalized spacial score (nSPS) is 20.1. The van der Waals surface area contributed by atoms with Gasteiger partial charge in [-0.1, -0.05) is 42.4 Å². The number of carbonyl (C=O) groups excluding carboxylic acids is 1. The Hall–Kier alpha value is -1.86. The summed E-state index contributed by atoms with van der Waals surface area (Å²) in [6.07, 6.45) is 1.15. The van der Waals surface area contributed by atoms with Gasteiger partial charge in [0.2, 0.25) is 5.91 Å². The van der Waals surface area contributed by atoms with Crippen LogP contribution in [0.3, 0.4) is 0 Å². The zero-order valence-corrected chi connectivity index (χ0v) is 17.3. The minimum absolute atomic E-state index is 0.0827. The molecular formula is C20H28N4O2S. The predicted molar refractivity (Wildman–Crippen MR) is 108 cm³/mol. The van der Waals surface area contributed by atoms with Crippen LogP contribution < -0.4 is 0 Å². The number of hydrogen-bond donors (Lipinski definition) is 0. The molecule has 0 radical (unpaired) electrons. The number of amides is 1. The maximum atomic E-state index is 12.6. The molecule has 27 heavy (non-hydrogen) atoms. The van der Waals surface area contributed by atoms with Gasteiger partial charge in [-0.3, -0.25) is 4.79 Å². The van der Waals surface area contributed by atoms with Gasteiger partial charge in [0.15, 0.2) is 11.0 Å². The summed E-state index contributed by atoms with van der Waals surface area (Å²) >= 11 is 1.47. The summed E-state index contributed by atoms with van der Waals surface area (Å²) in [7, 11) is 0. The van der Waals surface area contributed by atoms with Gasteiger partial charge in [0.05, 0.1) is 18.0 Å². The lowest BCUT2D eigenvalue weighted by atomic mass is 10.1. The van der Waals surface area contributed by atoms with Crippen molar-refractivity contribution in [1.29, 1.82) is 0 Å². The molecule has 3 rings (SSSR count). The SMILES string of the molecule is CCCn1c(SCC(=O)N2C[C@H](C)O[C@@H](C)C2)nnc1-c1cccc(C)c1. The third-order valence-electron chi connectivity index (χ3n) is 4.54. The van der Waals surface area contributed by atoms with Crippen molar-refractivity contribution in [2.75, 3.05) is 18.8 Å². The van der Waals surface area contributed by atoms with E-state index in [-0.39, 0.29) is 18.1 Å². The maximum Gasteiger partial charge on any atom is 0.233 e. The molecular weight excluding hydrogens is 360 g/mol. The van der Waals surface area contributed by atoms with Crippen molar-refractivity contribution in [3.05, 3.63) is 29.8 Å². The highest BCUT2D eigenvalue weighted by Crippen LogP contribution is 2.25. The first-order chi connectivity index (χ1) is 13.0. The minimum Gasteiger partial charge on any atom is -0.372 e. The quantitative estimate of drug-likeness (QED) is 0.710. The molecule has 7 heteroatoms. The fourth-order valence-electron chi connectivity index (χ4n) is 3.42. The zero-order chi connectivity index (χ0) is 19.4. The van der Waals surface area contributed by atoms with Gasteiger partial charge in [0.1, 0.15) is 0 Å². The zero-order valence-electron chi connectivity index (χ0n) is 16.5. The molecule has 1 amide bonds. The van der Waals surface area contributed by atoms with Crippen molar-refractivity contribution in [1.82, 2.24) is 19.7 Å². The molecule has 1 saturated heterocycles. The first kappa shape index (κ1) is 19.9. The molecule has 2 heterocycles. The highest BCUT2D eigenvalue weighted by Gasteiger charge is 2.26. The summed E-state index contributed by atoms with van der Waals surface area (Å²) in [5, 5.41) is 9.58. The third kappa shape index (κ3) is 4.90. The summed E-state index contributed by atoms with van der Waals surface area (Å²) in [5.74, 6) is 1.36. The molecule has 2 atom stereocenters. The van der Waals surface area contributed by atoms with E-state index in [1.54, 1.807) is 0 Å². The Kier molecular flexibility index (Phi) is 6.55. The molecule has 1 aliphatic heterocycles. The Balaban J connectivity index is 1.72. The first-order valence-electron chi connectivity index (χ1n) is 9.54. The number of thioether (sulfide) groups is 1. The number of rotatable bonds is 6. The van der Waals surface area contributed by atoms with E-state index in [0.29, 0.717) is 18.8 Å². The van der Waals surface area contributed by atoms with E-state index in [1.165, 1.54) is 17.3 Å². The van der Waals surface area contributed by atoms with E-state index in [4.69, 9.17) is 4.74 Å². The van der Waals surface area contributed by atoms with Gasteiger partial charge in [0, 0.05) is 25.2 Å². The van der Waals surface area contributed by atoms with Crippen molar-refractivity contribution >= 4 is 17.7 Å². The second kappa shape index (κ2) is 8.89. The van der Waals surface area contributed by atoms with Gasteiger partial charge in [0.25, 0.3) is 0 Å². The van der Waals surface area contributed by atoms with Gasteiger partial charge in [-0.05, 0) is 33.3 Å². The highest BCUT2D eigenvalue weighted by molar-refractivity contribution is 7.99. The van der Waals surface area contributed by atoms with Gasteiger partial charge < -0.3 is 14.2 Å². The Labute approximate surface area is 165 Å². The largest absolute Gasteiger partial charge is 0.372 e. The van der Waals surface area contributed by atoms with E-state index < -0.39 is 0 Å². The predicted octanol–water partition coefficient (Wildman–Crippen LogP) is 3.39. The second-order valence-corrected chi connectivity index (χ2v) is 8.11. The van der Waals surface area contributed by atoms with Crippen LogP contribution in [0.2, 0.25) is 0 Å². The molecule has 1 fully saturated rings. The van der Waals surface area contributed by atoms with Crippen LogP contribution in [-0.2, 0) is 16.1 Å². The lowest BCUT2D eigenvalue weighted by Crippen LogP contribution is -2.48. The van der Waals surface area contributed by atoms with Crippen molar-refractivity contribution in [3.63, 3.8) is 0 Å². The Morgan fingerprint density at radius 2 is 2.00 bits per heavy atom. The molecule has 2 aromatic rings. The van der Waals surface area contributed by atoms with E-state index in [9.17, 15) is 4.79 Å². The number of carbonyl (C=O) groups is 1. The van der Waals surface area contributed by atoms with Crippen LogP contribution in [0.15, 0.2) is 29.4 Å². The van der Waals surface area contributed by atoms with Crippen LogP contribution in [0.1, 0.15) is 32.8 Å². The van der Waals surface area contributed by atoms with Gasteiger partial charge in [-0.15, -0.1) is 10.2 Å². The summed E-state index contributed by atoms with van der Waals surface area (Å²) in [4.78, 5) is 14.5. The summed E-state index contributed by atoms with van der Waals surface area (Å²) in [6.45, 7) is 10.4. The monoisotopic (exact) mass is 388 g/mol. The molecule has 6 nitrogen and oxygen atoms in total. The standard InChI is InChI=1S/C20H28N4O2S/c1-5-9-24-19(17-8-6-7-14(2)10-17)21-22-20(24)27-13-18(25)23-11-15(3)26-16(4)12-23/h6-8,10,15-16H,5,9,11-13H2,1-4H3/t15-,16-/m0/s1. The lowest BCUT2D eigenvalue weighted by molar-refractivity contribution is -0.140. The fourth-order valence-corrected chi connectivity index (χ4v) is 4.28. The smallest absolute Gasteiger partial charge is 0.233 e. The molecule has 1 aromatic carbocycles. The van der Waals surface area contributed by atoms with Gasteiger partial charge in [-0.25, -0.2) is 0 Å². The first-order valence-corrected chi connectivity index (χ1v) is 10.5. The molecule has 0 bridgehead atoms. The Morgan fingerprint density at radius 1 is 1.26 bits per heavy atom. The molecule has 146 valence electrons. The molecule has 1 aromatic heterocycles. The number of morpholine rings is 1. The van der Waals surface area contributed by atoms with E-state index >= 15 is 0 Å². The Bertz CT molecular complexity index is 782. The molecule has 0 spiro atoms. The molecule has 1 aliphatic rings. The molecule has 0 unspecified atom stereocenters. The number of hydrogen-bond acceptors (Lipinski definition) is 5. The number of nitrogens with zero attached hydrogens (tertiary/aromatic N) is 4. The second-order valence-electron chi connectivity index (χ2n) is 7.17. The summed E-state index contributed by atoms with van der Waals surface area (Å²) in [5.41, 5.74) is 2.25. The topological polar surface area (TPSA) is 60.2 Å². The molecule has 0 aliphatic carbocycles. The minimum atomic E-state index is 0.0827. The Morgan fingerprint density at radius 3 is 2.67 bits per heavy atom. The van der Waals surface area contributed by atoms with Crippen LogP contribution >= 0.6 is 11.8 Å². The summed E-state index contributed by atoms with van der Waals surface area (Å²) < 4.78 is 7.84. The van der Waals surface area contributed by atoms with Crippen LogP contribution in [0, 0.1) is 6.92 Å². The third-order valence-corrected chi connectivity index (χ3v) is 5.49. The van der Waals surface area contributed by atoms with Crippen molar-refractivity contribution < 1.29 is 9.53 Å². The van der Waals surface area contributed by atoms with Gasteiger partial charge >= 0.3 is 0 Å². The number of ether oxygens (including phenoxy) is 1. The average Bonchev–Trinajstić information content (AvgIpc) is 3.02. The summed E-state index contributed by atoms with van der Waals surface area (Å²) in [6, 6.07) is 8.28. The van der Waals surface area contributed by atoms with Crippen LogP contribution in [-0.4, -0.2) is 56.6 Å². The van der Waals surface area contributed by atoms with E-state index in [1.807, 2.05) is 24.8 Å². The lowest BCUT2D eigenvalue weighted by Gasteiger charge is -2.35. The fraction of sp³-hybridized carbons (Fsp3) is 0.550. The van der Waals surface area contributed by atoms with Crippen molar-refractivity contribution in [2.24, 2.45) is 0 Å². The highest BCUT2D eigenvalue weighted by atomic mass is 32.2. The van der Waals surface area contributed by atoms with Gasteiger partial charge in [-0.2, -0.15) is 0 Å². The average molecular weight is 389 g/mol. The maximum absolute atomic E-state index is 12.6. The molecule has 0 saturated carbocycles. The van der Waals surface area contributed by atoms with Crippen LogP contribution in [0.4, 0.5) is 0 Å². The number of benzene rings is 1. The van der Waals surface area contributed by atoms with E-state index in [0.717, 1.165) is 29.5 Å². The van der Waals surface area contributed by atoms with Crippen molar-refractivity contribution in [3.8, 4) is 11.4 Å². The number of aromatic nitrogens is 3. The van der Waals surface area contributed by atoms with E-state index in [2.05, 4.69) is 46.8 Å². The molecule has 0 N–H and O–H groups in total. The van der Waals surface area contributed by atoms with Crippen molar-refractivity contribution in [2.45, 2.75) is 58.0 Å².